The van der Waals surface area contributed by atoms with Gasteiger partial charge in [-0.05, 0) is 31.8 Å². The van der Waals surface area contributed by atoms with Gasteiger partial charge in [0, 0.05) is 6.42 Å². The Labute approximate surface area is 121 Å². The van der Waals surface area contributed by atoms with Crippen molar-refractivity contribution in [1.82, 2.24) is 0 Å². The molecule has 0 heterocycles. The lowest BCUT2D eigenvalue weighted by Gasteiger charge is -2.01. The lowest BCUT2D eigenvalue weighted by atomic mass is 10.1. The van der Waals surface area contributed by atoms with E-state index in [1.165, 1.54) is 0 Å². The maximum Gasteiger partial charge on any atom is 0.303 e. The van der Waals surface area contributed by atoms with Crippen molar-refractivity contribution < 1.29 is 20.1 Å². The standard InChI is InChI=1S/C16H26O4/c1-2-3-9-14(17)12-13-15(18)10-7-5-4-6-8-11-16(19)20/h7,10,14-15,17-18H,2-6,8-9,11H2,1H3,(H,19,20). The van der Waals surface area contributed by atoms with Crippen LogP contribution >= 0.6 is 0 Å². The normalized spacial score (nSPS) is 13.8. The molecule has 0 aliphatic rings. The summed E-state index contributed by atoms with van der Waals surface area (Å²) in [7, 11) is 0. The lowest BCUT2D eigenvalue weighted by Crippen LogP contribution is -2.05. The van der Waals surface area contributed by atoms with Gasteiger partial charge in [0.05, 0.1) is 0 Å². The number of hydrogen-bond donors (Lipinski definition) is 3. The first-order chi connectivity index (χ1) is 9.56. The number of carboxylic acid groups (broad SMARTS) is 1. The van der Waals surface area contributed by atoms with Gasteiger partial charge in [-0.15, -0.1) is 0 Å². The minimum Gasteiger partial charge on any atom is -0.481 e. The molecule has 0 fully saturated rings. The molecule has 4 heteroatoms. The van der Waals surface area contributed by atoms with Gasteiger partial charge >= 0.3 is 5.97 Å². The third-order valence-corrected chi connectivity index (χ3v) is 2.81. The summed E-state index contributed by atoms with van der Waals surface area (Å²) in [6.07, 6.45) is 8.02. The zero-order valence-corrected chi connectivity index (χ0v) is 12.2. The summed E-state index contributed by atoms with van der Waals surface area (Å²) in [5, 5.41) is 27.5. The zero-order valence-electron chi connectivity index (χ0n) is 12.2. The first-order valence-corrected chi connectivity index (χ1v) is 7.32. The Morgan fingerprint density at radius 2 is 1.90 bits per heavy atom. The SMILES string of the molecule is CCCCC(O)C#CC(O)C=CCCCCCC(=O)O. The van der Waals surface area contributed by atoms with Gasteiger partial charge in [0.2, 0.25) is 0 Å². The third-order valence-electron chi connectivity index (χ3n) is 2.81. The molecule has 0 amide bonds. The van der Waals surface area contributed by atoms with Crippen LogP contribution in [0.1, 0.15) is 58.3 Å². The number of aliphatic hydroxyl groups excluding tert-OH is 2. The Kier molecular flexibility index (Phi) is 11.9. The maximum absolute atomic E-state index is 10.3. The Balaban J connectivity index is 3.69. The second-order valence-corrected chi connectivity index (χ2v) is 4.81. The summed E-state index contributed by atoms with van der Waals surface area (Å²) in [6, 6.07) is 0. The summed E-state index contributed by atoms with van der Waals surface area (Å²) in [4.78, 5) is 10.3. The van der Waals surface area contributed by atoms with Crippen molar-refractivity contribution in [3.63, 3.8) is 0 Å². The van der Waals surface area contributed by atoms with E-state index in [4.69, 9.17) is 5.11 Å². The molecule has 0 aromatic heterocycles. The fraction of sp³-hybridized carbons (Fsp3) is 0.688. The first-order valence-electron chi connectivity index (χ1n) is 7.32. The van der Waals surface area contributed by atoms with Crippen molar-refractivity contribution in [2.75, 3.05) is 0 Å². The predicted molar refractivity (Wildman–Crippen MR) is 79.2 cm³/mol. The van der Waals surface area contributed by atoms with E-state index < -0.39 is 18.2 Å². The van der Waals surface area contributed by atoms with Gasteiger partial charge < -0.3 is 15.3 Å². The highest BCUT2D eigenvalue weighted by atomic mass is 16.4. The summed E-state index contributed by atoms with van der Waals surface area (Å²) < 4.78 is 0. The van der Waals surface area contributed by atoms with Crippen molar-refractivity contribution in [3.05, 3.63) is 12.2 Å². The highest BCUT2D eigenvalue weighted by Gasteiger charge is 1.98. The van der Waals surface area contributed by atoms with Crippen LogP contribution in [0.25, 0.3) is 0 Å². The van der Waals surface area contributed by atoms with Crippen molar-refractivity contribution in [3.8, 4) is 11.8 Å². The molecule has 0 aromatic carbocycles. The van der Waals surface area contributed by atoms with Gasteiger partial charge in [-0.1, -0.05) is 44.1 Å². The largest absolute Gasteiger partial charge is 0.481 e. The fourth-order valence-corrected chi connectivity index (χ4v) is 1.64. The van der Waals surface area contributed by atoms with Crippen LogP contribution in [0.5, 0.6) is 0 Å². The van der Waals surface area contributed by atoms with E-state index in [9.17, 15) is 15.0 Å². The van der Waals surface area contributed by atoms with Crippen molar-refractivity contribution >= 4 is 5.97 Å². The van der Waals surface area contributed by atoms with E-state index >= 15 is 0 Å². The maximum atomic E-state index is 10.3. The Bertz CT molecular complexity index is 338. The number of carboxylic acids is 1. The van der Waals surface area contributed by atoms with E-state index in [0.29, 0.717) is 12.8 Å². The fourth-order valence-electron chi connectivity index (χ4n) is 1.64. The van der Waals surface area contributed by atoms with E-state index in [1.54, 1.807) is 6.08 Å². The summed E-state index contributed by atoms with van der Waals surface area (Å²) in [5.41, 5.74) is 0. The monoisotopic (exact) mass is 282 g/mol. The highest BCUT2D eigenvalue weighted by molar-refractivity contribution is 5.66. The van der Waals surface area contributed by atoms with Crippen LogP contribution < -0.4 is 0 Å². The highest BCUT2D eigenvalue weighted by Crippen LogP contribution is 2.04. The average molecular weight is 282 g/mol. The number of hydrogen-bond acceptors (Lipinski definition) is 3. The molecule has 0 bridgehead atoms. The van der Waals surface area contributed by atoms with Crippen LogP contribution in [-0.2, 0) is 4.79 Å². The van der Waals surface area contributed by atoms with Crippen LogP contribution in [0.4, 0.5) is 0 Å². The Morgan fingerprint density at radius 1 is 1.15 bits per heavy atom. The molecular formula is C16H26O4. The van der Waals surface area contributed by atoms with Crippen LogP contribution in [0.15, 0.2) is 12.2 Å². The van der Waals surface area contributed by atoms with Gasteiger partial charge in [0.25, 0.3) is 0 Å². The van der Waals surface area contributed by atoms with Crippen molar-refractivity contribution in [1.29, 1.82) is 0 Å². The van der Waals surface area contributed by atoms with Crippen LogP contribution in [-0.4, -0.2) is 33.5 Å². The molecule has 2 unspecified atom stereocenters. The molecular weight excluding hydrogens is 256 g/mol. The molecule has 114 valence electrons. The van der Waals surface area contributed by atoms with E-state index in [2.05, 4.69) is 11.8 Å². The van der Waals surface area contributed by atoms with Gasteiger partial charge in [-0.3, -0.25) is 4.79 Å². The average Bonchev–Trinajstić information content (AvgIpc) is 2.41. The molecule has 0 saturated carbocycles. The smallest absolute Gasteiger partial charge is 0.303 e. The predicted octanol–water partition coefficient (Wildman–Crippen LogP) is 2.49. The number of carbonyl (C=O) groups is 1. The number of aliphatic hydroxyl groups is 2. The van der Waals surface area contributed by atoms with Crippen molar-refractivity contribution in [2.45, 2.75) is 70.5 Å². The van der Waals surface area contributed by atoms with Crippen LogP contribution in [0, 0.1) is 11.8 Å². The van der Waals surface area contributed by atoms with Gasteiger partial charge in [0.1, 0.15) is 12.2 Å². The minimum atomic E-state index is -0.842. The van der Waals surface area contributed by atoms with Gasteiger partial charge in [-0.2, -0.15) is 0 Å². The van der Waals surface area contributed by atoms with Gasteiger partial charge in [0.15, 0.2) is 0 Å². The van der Waals surface area contributed by atoms with Gasteiger partial charge in [-0.25, -0.2) is 0 Å². The Hall–Kier alpha value is -1.31. The second-order valence-electron chi connectivity index (χ2n) is 4.81. The van der Waals surface area contributed by atoms with Crippen LogP contribution in [0.3, 0.4) is 0 Å². The number of rotatable bonds is 10. The molecule has 0 radical (unpaired) electrons. The molecule has 0 aromatic rings. The summed E-state index contributed by atoms with van der Waals surface area (Å²) in [6.45, 7) is 2.05. The third kappa shape index (κ3) is 13.1. The number of unbranched alkanes of at least 4 members (excludes halogenated alkanes) is 4. The van der Waals surface area contributed by atoms with E-state index in [-0.39, 0.29) is 6.42 Å². The zero-order chi connectivity index (χ0) is 15.2. The summed E-state index contributed by atoms with van der Waals surface area (Å²) in [5.74, 6) is 4.47. The molecule has 20 heavy (non-hydrogen) atoms. The minimum absolute atomic E-state index is 0.216. The lowest BCUT2D eigenvalue weighted by molar-refractivity contribution is -0.137. The number of aliphatic carboxylic acids is 1. The van der Waals surface area contributed by atoms with E-state index in [1.807, 2.05) is 13.0 Å². The molecule has 0 aliphatic heterocycles. The Morgan fingerprint density at radius 3 is 2.55 bits per heavy atom. The molecule has 0 saturated heterocycles. The van der Waals surface area contributed by atoms with E-state index in [0.717, 1.165) is 32.1 Å². The summed E-state index contributed by atoms with van der Waals surface area (Å²) >= 11 is 0. The molecule has 0 aliphatic carbocycles. The van der Waals surface area contributed by atoms with Crippen LogP contribution in [0.2, 0.25) is 0 Å². The molecule has 2 atom stereocenters. The first kappa shape index (κ1) is 18.7. The quantitative estimate of drug-likeness (QED) is 0.327. The molecule has 0 rings (SSSR count). The molecule has 0 spiro atoms. The second kappa shape index (κ2) is 12.7. The topological polar surface area (TPSA) is 77.8 Å². The van der Waals surface area contributed by atoms with Crippen molar-refractivity contribution in [2.24, 2.45) is 0 Å². The molecule has 3 N–H and O–H groups in total. The molecule has 4 nitrogen and oxygen atoms in total. The number of allylic oxidation sites excluding steroid dienone is 1.